The van der Waals surface area contributed by atoms with Crippen molar-refractivity contribution in [3.63, 3.8) is 0 Å². The van der Waals surface area contributed by atoms with Crippen molar-refractivity contribution in [1.29, 1.82) is 0 Å². The third-order valence-corrected chi connectivity index (χ3v) is 4.62. The van der Waals surface area contributed by atoms with Gasteiger partial charge in [0.1, 0.15) is 11.1 Å². The van der Waals surface area contributed by atoms with Crippen LogP contribution in [0.4, 0.5) is 0 Å². The van der Waals surface area contributed by atoms with Crippen molar-refractivity contribution in [3.8, 4) is 17.3 Å². The van der Waals surface area contributed by atoms with Crippen LogP contribution in [-0.2, 0) is 4.79 Å². The zero-order valence-corrected chi connectivity index (χ0v) is 16.5. The number of phenols is 1. The second-order valence-electron chi connectivity index (χ2n) is 5.70. The number of halogens is 3. The van der Waals surface area contributed by atoms with Crippen molar-refractivity contribution in [1.82, 2.24) is 9.55 Å². The van der Waals surface area contributed by atoms with E-state index in [2.05, 4.69) is 4.98 Å². The van der Waals surface area contributed by atoms with E-state index in [0.29, 0.717) is 11.4 Å². The Morgan fingerprint density at radius 1 is 1.21 bits per heavy atom. The fraction of sp³-hybridized carbons (Fsp3) is 0.0556. The minimum absolute atomic E-state index is 0.0485. The Labute approximate surface area is 173 Å². The van der Waals surface area contributed by atoms with Crippen LogP contribution in [0.15, 0.2) is 41.5 Å². The quantitative estimate of drug-likeness (QED) is 0.475. The van der Waals surface area contributed by atoms with Crippen LogP contribution >= 0.6 is 34.8 Å². The van der Waals surface area contributed by atoms with Gasteiger partial charge in [0.05, 0.1) is 38.7 Å². The lowest BCUT2D eigenvalue weighted by Crippen LogP contribution is -2.13. The molecule has 0 aliphatic heterocycles. The molecule has 1 amide bonds. The number of carbonyl (C=O) groups is 1. The van der Waals surface area contributed by atoms with Gasteiger partial charge in [-0.25, -0.2) is 4.98 Å². The summed E-state index contributed by atoms with van der Waals surface area (Å²) in [5.74, 6) is -0.925. The number of aromatic nitrogens is 2. The number of fused-ring (bicyclic) bond motifs is 1. The van der Waals surface area contributed by atoms with Gasteiger partial charge < -0.3 is 20.1 Å². The van der Waals surface area contributed by atoms with E-state index in [4.69, 9.17) is 45.3 Å². The number of carbonyl (C=O) groups excluding carboxylic acids is 1. The molecule has 0 saturated heterocycles. The zero-order valence-electron chi connectivity index (χ0n) is 14.2. The lowest BCUT2D eigenvalue weighted by atomic mass is 10.2. The Morgan fingerprint density at radius 2 is 1.86 bits per heavy atom. The molecule has 0 unspecified atom stereocenters. The van der Waals surface area contributed by atoms with Gasteiger partial charge >= 0.3 is 0 Å². The molecule has 3 N–H and O–H groups in total. The largest absolute Gasteiger partial charge is 0.508 e. The van der Waals surface area contributed by atoms with Gasteiger partial charge in [0, 0.05) is 30.0 Å². The summed E-state index contributed by atoms with van der Waals surface area (Å²) in [5.41, 5.74) is 5.66. The Kier molecular flexibility index (Phi) is 5.51. The maximum Gasteiger partial charge on any atom is 0.244 e. The van der Waals surface area contributed by atoms with Crippen molar-refractivity contribution in [3.05, 3.63) is 67.7 Å². The first-order valence-electron chi connectivity index (χ1n) is 7.72. The first-order chi connectivity index (χ1) is 13.2. The van der Waals surface area contributed by atoms with Crippen LogP contribution in [0.3, 0.4) is 0 Å². The van der Waals surface area contributed by atoms with Gasteiger partial charge in [-0.3, -0.25) is 9.59 Å². The Balaban J connectivity index is 2.40. The summed E-state index contributed by atoms with van der Waals surface area (Å²) in [7, 11) is 0. The number of nitrogens with zero attached hydrogens (tertiary/aromatic N) is 2. The second-order valence-corrected chi connectivity index (χ2v) is 6.92. The van der Waals surface area contributed by atoms with Crippen molar-refractivity contribution in [2.45, 2.75) is 6.92 Å². The summed E-state index contributed by atoms with van der Waals surface area (Å²) < 4.78 is 6.87. The number of ether oxygens (including phenoxy) is 1. The monoisotopic (exact) mass is 439 g/mol. The number of phenolic OH excluding ortho intramolecular Hbond substituents is 1. The highest BCUT2D eigenvalue weighted by Crippen LogP contribution is 2.37. The number of rotatable bonds is 4. The molecule has 10 heteroatoms. The van der Waals surface area contributed by atoms with Crippen LogP contribution in [0.25, 0.3) is 16.6 Å². The molecule has 2 aromatic heterocycles. The summed E-state index contributed by atoms with van der Waals surface area (Å²) >= 11 is 18.9. The van der Waals surface area contributed by atoms with E-state index >= 15 is 0 Å². The Hall–Kier alpha value is -2.74. The smallest absolute Gasteiger partial charge is 0.244 e. The topological polar surface area (TPSA) is 107 Å². The molecule has 0 bridgehead atoms. The number of nitrogens with two attached hydrogens (primary N) is 1. The SMILES string of the molecule is Cc1cc(=O)c2c(OC=CC(N)=O)ncc(Cl)c2n1-c1c(Cl)cc(O)cc1Cl. The third-order valence-electron chi connectivity index (χ3n) is 3.77. The molecule has 0 aliphatic carbocycles. The van der Waals surface area contributed by atoms with Crippen LogP contribution in [0.2, 0.25) is 15.1 Å². The Morgan fingerprint density at radius 3 is 2.46 bits per heavy atom. The molecule has 0 radical (unpaired) electrons. The lowest BCUT2D eigenvalue weighted by Gasteiger charge is -2.19. The fourth-order valence-corrected chi connectivity index (χ4v) is 3.59. The maximum atomic E-state index is 12.7. The molecule has 3 aromatic rings. The molecule has 2 heterocycles. The zero-order chi connectivity index (χ0) is 20.6. The number of hydrogen-bond donors (Lipinski definition) is 2. The molecule has 144 valence electrons. The van der Waals surface area contributed by atoms with Crippen LogP contribution < -0.4 is 15.9 Å². The molecule has 0 atom stereocenters. The standard InChI is InChI=1S/C18H12Cl3N3O4/c1-8-4-13(26)15-17(12(21)7-23-18(15)28-3-2-14(22)27)24(8)16-10(19)5-9(25)6-11(16)20/h2-7,25H,1H3,(H2,22,27). The van der Waals surface area contributed by atoms with Gasteiger partial charge in [0.2, 0.25) is 11.8 Å². The first-order valence-corrected chi connectivity index (χ1v) is 8.86. The van der Waals surface area contributed by atoms with E-state index in [1.165, 1.54) is 24.4 Å². The molecule has 0 aliphatic rings. The van der Waals surface area contributed by atoms with Crippen molar-refractivity contribution in [2.75, 3.05) is 0 Å². The highest BCUT2D eigenvalue weighted by Gasteiger charge is 2.20. The lowest BCUT2D eigenvalue weighted by molar-refractivity contribution is -0.113. The number of benzene rings is 1. The molecule has 7 nitrogen and oxygen atoms in total. The molecule has 1 aromatic carbocycles. The summed E-state index contributed by atoms with van der Waals surface area (Å²) in [4.78, 5) is 27.5. The average Bonchev–Trinajstić information content (AvgIpc) is 2.58. The molecule has 0 spiro atoms. The van der Waals surface area contributed by atoms with Gasteiger partial charge in [0.25, 0.3) is 0 Å². The number of primary amides is 1. The Bertz CT molecular complexity index is 1180. The third kappa shape index (κ3) is 3.64. The van der Waals surface area contributed by atoms with E-state index in [-0.39, 0.29) is 37.6 Å². The summed E-state index contributed by atoms with van der Waals surface area (Å²) in [6.45, 7) is 1.67. The summed E-state index contributed by atoms with van der Waals surface area (Å²) in [6, 6.07) is 3.97. The minimum Gasteiger partial charge on any atom is -0.508 e. The first kappa shape index (κ1) is 20.0. The molecule has 0 saturated carbocycles. The van der Waals surface area contributed by atoms with E-state index in [9.17, 15) is 14.7 Å². The number of amides is 1. The number of aryl methyl sites for hydroxylation is 1. The highest BCUT2D eigenvalue weighted by molar-refractivity contribution is 6.38. The maximum absolute atomic E-state index is 12.7. The van der Waals surface area contributed by atoms with Crippen molar-refractivity contribution < 1.29 is 14.6 Å². The number of pyridine rings is 2. The number of hydrogen-bond acceptors (Lipinski definition) is 5. The van der Waals surface area contributed by atoms with Gasteiger partial charge in [-0.1, -0.05) is 34.8 Å². The van der Waals surface area contributed by atoms with E-state index < -0.39 is 11.3 Å². The van der Waals surface area contributed by atoms with Crippen LogP contribution in [0.5, 0.6) is 11.6 Å². The van der Waals surface area contributed by atoms with Crippen molar-refractivity contribution >= 4 is 51.6 Å². The van der Waals surface area contributed by atoms with E-state index in [0.717, 1.165) is 12.3 Å². The second kappa shape index (κ2) is 7.71. The van der Waals surface area contributed by atoms with E-state index in [1.807, 2.05) is 0 Å². The highest BCUT2D eigenvalue weighted by atomic mass is 35.5. The van der Waals surface area contributed by atoms with Crippen LogP contribution in [0, 0.1) is 6.92 Å². The predicted octanol–water partition coefficient (Wildman–Crippen LogP) is 3.74. The summed E-state index contributed by atoms with van der Waals surface area (Å²) in [5, 5.41) is 10.2. The van der Waals surface area contributed by atoms with E-state index in [1.54, 1.807) is 11.5 Å². The normalized spacial score (nSPS) is 11.3. The molecule has 3 rings (SSSR count). The molecular formula is C18H12Cl3N3O4. The van der Waals surface area contributed by atoms with Crippen LogP contribution in [0.1, 0.15) is 5.69 Å². The van der Waals surface area contributed by atoms with Crippen molar-refractivity contribution in [2.24, 2.45) is 5.73 Å². The molecular weight excluding hydrogens is 429 g/mol. The minimum atomic E-state index is -0.728. The number of aromatic hydroxyl groups is 1. The molecule has 28 heavy (non-hydrogen) atoms. The fourth-order valence-electron chi connectivity index (χ4n) is 2.71. The average molecular weight is 441 g/mol. The molecule has 0 fully saturated rings. The predicted molar refractivity (Wildman–Crippen MR) is 108 cm³/mol. The van der Waals surface area contributed by atoms with Gasteiger partial charge in [0.15, 0.2) is 5.43 Å². The van der Waals surface area contributed by atoms with Gasteiger partial charge in [-0.15, -0.1) is 0 Å². The van der Waals surface area contributed by atoms with Gasteiger partial charge in [-0.2, -0.15) is 0 Å². The summed E-state index contributed by atoms with van der Waals surface area (Å²) in [6.07, 6.45) is 3.28. The van der Waals surface area contributed by atoms with Gasteiger partial charge in [-0.05, 0) is 6.92 Å². The van der Waals surface area contributed by atoms with Crippen LogP contribution in [-0.4, -0.2) is 20.6 Å².